The van der Waals surface area contributed by atoms with E-state index < -0.39 is 0 Å². The topological polar surface area (TPSA) is 57.4 Å². The minimum atomic E-state index is 0.504. The lowest BCUT2D eigenvalue weighted by Gasteiger charge is -2.09. The lowest BCUT2D eigenvalue weighted by Crippen LogP contribution is -2.12. The van der Waals surface area contributed by atoms with Crippen LogP contribution in [0.5, 0.6) is 11.5 Å². The highest BCUT2D eigenvalue weighted by Crippen LogP contribution is 2.32. The van der Waals surface area contributed by atoms with E-state index in [0.29, 0.717) is 27.4 Å². The minimum absolute atomic E-state index is 0.504. The van der Waals surface area contributed by atoms with Crippen molar-refractivity contribution in [3.05, 3.63) is 53.6 Å². The van der Waals surface area contributed by atoms with Crippen molar-refractivity contribution in [2.24, 2.45) is 4.99 Å². The summed E-state index contributed by atoms with van der Waals surface area (Å²) in [6.45, 7) is 0. The number of ether oxygens (including phenoxy) is 1. The van der Waals surface area contributed by atoms with Crippen molar-refractivity contribution in [3.8, 4) is 17.7 Å². The summed E-state index contributed by atoms with van der Waals surface area (Å²) in [4.78, 5) is 4.38. The van der Waals surface area contributed by atoms with E-state index in [4.69, 9.17) is 21.6 Å². The van der Waals surface area contributed by atoms with E-state index in [9.17, 15) is 0 Å². The van der Waals surface area contributed by atoms with Crippen LogP contribution in [-0.2, 0) is 0 Å². The van der Waals surface area contributed by atoms with Gasteiger partial charge in [0.25, 0.3) is 0 Å². The van der Waals surface area contributed by atoms with Crippen LogP contribution < -0.4 is 10.1 Å². The third-order valence-electron chi connectivity index (χ3n) is 2.48. The van der Waals surface area contributed by atoms with Crippen LogP contribution in [0.4, 0.5) is 5.69 Å². The molecule has 2 aromatic carbocycles. The van der Waals surface area contributed by atoms with Gasteiger partial charge in [0.05, 0.1) is 0 Å². The highest BCUT2D eigenvalue weighted by Gasteiger charge is 2.05. The van der Waals surface area contributed by atoms with E-state index in [-0.39, 0.29) is 0 Å². The van der Waals surface area contributed by atoms with Crippen molar-refractivity contribution in [3.63, 3.8) is 0 Å². The van der Waals surface area contributed by atoms with Crippen LogP contribution in [0.25, 0.3) is 0 Å². The summed E-state index contributed by atoms with van der Waals surface area (Å²) in [6, 6.07) is 14.4. The SMILES string of the molecule is CSC(=Nc1ccccc1Oc1ccc(Cl)cc1)NC#N. The normalized spacial score (nSPS) is 10.8. The minimum Gasteiger partial charge on any atom is -0.455 e. The fourth-order valence-corrected chi connectivity index (χ4v) is 2.01. The highest BCUT2D eigenvalue weighted by atomic mass is 35.5. The summed E-state index contributed by atoms with van der Waals surface area (Å²) in [7, 11) is 0. The Morgan fingerprint density at radius 2 is 1.95 bits per heavy atom. The molecule has 0 atom stereocenters. The van der Waals surface area contributed by atoms with Crippen molar-refractivity contribution in [2.45, 2.75) is 0 Å². The number of hydrogen-bond acceptors (Lipinski definition) is 4. The molecule has 21 heavy (non-hydrogen) atoms. The number of thioether (sulfide) groups is 1. The van der Waals surface area contributed by atoms with Crippen LogP contribution in [0, 0.1) is 11.5 Å². The quantitative estimate of drug-likeness (QED) is 0.390. The largest absolute Gasteiger partial charge is 0.455 e. The van der Waals surface area contributed by atoms with Gasteiger partial charge >= 0.3 is 0 Å². The zero-order chi connectivity index (χ0) is 15.1. The number of nitriles is 1. The Labute approximate surface area is 132 Å². The number of para-hydroxylation sites is 2. The molecule has 0 radical (unpaired) electrons. The summed E-state index contributed by atoms with van der Waals surface area (Å²) in [5.74, 6) is 1.27. The molecule has 0 aliphatic carbocycles. The fraction of sp³-hybridized carbons (Fsp3) is 0.0667. The molecule has 0 aliphatic heterocycles. The first kappa shape index (κ1) is 15.2. The average Bonchev–Trinajstić information content (AvgIpc) is 2.51. The first-order chi connectivity index (χ1) is 10.2. The molecule has 0 spiro atoms. The van der Waals surface area contributed by atoms with Gasteiger partial charge in [-0.1, -0.05) is 35.5 Å². The van der Waals surface area contributed by atoms with Gasteiger partial charge in [0.1, 0.15) is 11.4 Å². The molecule has 2 rings (SSSR count). The summed E-state index contributed by atoms with van der Waals surface area (Å²) >= 11 is 7.20. The van der Waals surface area contributed by atoms with Gasteiger partial charge in [0.15, 0.2) is 17.1 Å². The molecule has 0 fully saturated rings. The molecule has 106 valence electrons. The molecule has 2 aromatic rings. The lowest BCUT2D eigenvalue weighted by atomic mass is 10.3. The molecular formula is C15H12ClN3OS. The lowest BCUT2D eigenvalue weighted by molar-refractivity contribution is 0.484. The molecule has 0 saturated heterocycles. The Morgan fingerprint density at radius 3 is 2.62 bits per heavy atom. The second kappa shape index (κ2) is 7.58. The molecular weight excluding hydrogens is 306 g/mol. The van der Waals surface area contributed by atoms with E-state index in [1.54, 1.807) is 24.3 Å². The molecule has 0 bridgehead atoms. The molecule has 0 aliphatic rings. The third-order valence-corrected chi connectivity index (χ3v) is 3.32. The molecule has 0 amide bonds. The zero-order valence-electron chi connectivity index (χ0n) is 11.2. The van der Waals surface area contributed by atoms with Crippen LogP contribution in [0.15, 0.2) is 53.5 Å². The number of halogens is 1. The van der Waals surface area contributed by atoms with Crippen molar-refractivity contribution >= 4 is 34.2 Å². The van der Waals surface area contributed by atoms with Gasteiger partial charge in [-0.05, 0) is 42.7 Å². The number of rotatable bonds is 3. The predicted molar refractivity (Wildman–Crippen MR) is 87.3 cm³/mol. The molecule has 4 nitrogen and oxygen atoms in total. The van der Waals surface area contributed by atoms with Crippen molar-refractivity contribution in [2.75, 3.05) is 6.26 Å². The van der Waals surface area contributed by atoms with Crippen LogP contribution in [0.2, 0.25) is 5.02 Å². The van der Waals surface area contributed by atoms with Gasteiger partial charge in [-0.3, -0.25) is 5.32 Å². The van der Waals surface area contributed by atoms with Gasteiger partial charge in [-0.25, -0.2) is 4.99 Å². The summed E-state index contributed by atoms with van der Waals surface area (Å²) in [5.41, 5.74) is 0.638. The maximum absolute atomic E-state index is 8.68. The third kappa shape index (κ3) is 4.42. The molecule has 0 aromatic heterocycles. The smallest absolute Gasteiger partial charge is 0.183 e. The second-order valence-corrected chi connectivity index (χ2v) is 5.11. The van der Waals surface area contributed by atoms with Crippen molar-refractivity contribution in [1.82, 2.24) is 5.32 Å². The number of hydrogen-bond donors (Lipinski definition) is 1. The molecule has 0 unspecified atom stereocenters. The predicted octanol–water partition coefficient (Wildman–Crippen LogP) is 4.55. The summed E-state index contributed by atoms with van der Waals surface area (Å²) < 4.78 is 5.80. The number of nitrogens with zero attached hydrogens (tertiary/aromatic N) is 2. The van der Waals surface area contributed by atoms with E-state index >= 15 is 0 Å². The number of nitrogens with one attached hydrogen (secondary N) is 1. The average molecular weight is 318 g/mol. The fourth-order valence-electron chi connectivity index (χ4n) is 1.55. The zero-order valence-corrected chi connectivity index (χ0v) is 12.8. The van der Waals surface area contributed by atoms with Gasteiger partial charge in [-0.15, -0.1) is 0 Å². The Hall–Kier alpha value is -2.16. The van der Waals surface area contributed by atoms with Crippen LogP contribution >= 0.6 is 23.4 Å². The number of aliphatic imine (C=N–C) groups is 1. The number of amidine groups is 1. The Balaban J connectivity index is 2.28. The standard InChI is InChI=1S/C15H12ClN3OS/c1-21-15(18-10-17)19-13-4-2-3-5-14(13)20-12-8-6-11(16)7-9-12/h2-9H,1H3,(H,18,19). The van der Waals surface area contributed by atoms with Crippen molar-refractivity contribution < 1.29 is 4.74 Å². The molecule has 0 saturated carbocycles. The Morgan fingerprint density at radius 1 is 1.24 bits per heavy atom. The van der Waals surface area contributed by atoms with Gasteiger partial charge in [-0.2, -0.15) is 5.26 Å². The van der Waals surface area contributed by atoms with Gasteiger partial charge < -0.3 is 4.74 Å². The Bertz CT molecular complexity index is 680. The second-order valence-electron chi connectivity index (χ2n) is 3.88. The molecule has 1 N–H and O–H groups in total. The van der Waals surface area contributed by atoms with E-state index in [2.05, 4.69) is 10.3 Å². The van der Waals surface area contributed by atoms with Crippen LogP contribution in [0.3, 0.4) is 0 Å². The highest BCUT2D eigenvalue weighted by molar-refractivity contribution is 8.13. The molecule has 6 heteroatoms. The Kier molecular flexibility index (Phi) is 5.50. The first-order valence-electron chi connectivity index (χ1n) is 6.03. The van der Waals surface area contributed by atoms with E-state index in [1.807, 2.05) is 36.7 Å². The van der Waals surface area contributed by atoms with Gasteiger partial charge in [0, 0.05) is 5.02 Å². The maximum Gasteiger partial charge on any atom is 0.183 e. The summed E-state index contributed by atoms with van der Waals surface area (Å²) in [5, 5.41) is 12.4. The van der Waals surface area contributed by atoms with Gasteiger partial charge in [0.2, 0.25) is 0 Å². The monoisotopic (exact) mass is 317 g/mol. The molecule has 0 heterocycles. The van der Waals surface area contributed by atoms with Crippen LogP contribution in [-0.4, -0.2) is 11.4 Å². The van der Waals surface area contributed by atoms with Crippen molar-refractivity contribution in [1.29, 1.82) is 5.26 Å². The van der Waals surface area contributed by atoms with E-state index in [0.717, 1.165) is 0 Å². The maximum atomic E-state index is 8.68. The van der Waals surface area contributed by atoms with E-state index in [1.165, 1.54) is 11.8 Å². The first-order valence-corrected chi connectivity index (χ1v) is 7.63. The number of benzene rings is 2. The van der Waals surface area contributed by atoms with Crippen LogP contribution in [0.1, 0.15) is 0 Å². The summed E-state index contributed by atoms with van der Waals surface area (Å²) in [6.07, 6.45) is 3.70.